The lowest BCUT2D eigenvalue weighted by molar-refractivity contribution is 0.0701. The van der Waals surface area contributed by atoms with E-state index in [2.05, 4.69) is 5.10 Å². The Balaban J connectivity index is 2.01. The van der Waals surface area contributed by atoms with Crippen LogP contribution < -0.4 is 11.4 Å². The number of nitrogens with one attached hydrogen (secondary N) is 1. The average Bonchev–Trinajstić information content (AvgIpc) is 3.03. The third-order valence-electron chi connectivity index (χ3n) is 4.90. The number of benzene rings is 2. The van der Waals surface area contributed by atoms with Crippen LogP contribution in [0.25, 0.3) is 10.8 Å². The molecule has 1 N–H and O–H groups in total. The predicted octanol–water partition coefficient (Wildman–Crippen LogP) is 2.54. The zero-order chi connectivity index (χ0) is 17.9. The first kappa shape index (κ1) is 15.9. The largest absolute Gasteiger partial charge is 0.374 e. The molecule has 0 amide bonds. The van der Waals surface area contributed by atoms with E-state index in [4.69, 9.17) is 4.74 Å². The molecule has 6 heteroatoms. The number of rotatable bonds is 2. The number of H-pyrrole nitrogens is 1. The van der Waals surface area contributed by atoms with Crippen LogP contribution in [0.2, 0.25) is 0 Å². The summed E-state index contributed by atoms with van der Waals surface area (Å²) in [6.45, 7) is 5.52. The molecule has 0 bridgehead atoms. The second-order valence-corrected chi connectivity index (χ2v) is 7.47. The molecule has 2 aromatic carbocycles. The summed E-state index contributed by atoms with van der Waals surface area (Å²) >= 11 is 0. The summed E-state index contributed by atoms with van der Waals surface area (Å²) in [6, 6.07) is 11.7. The Bertz CT molecular complexity index is 1080. The highest BCUT2D eigenvalue weighted by Crippen LogP contribution is 2.46. The van der Waals surface area contributed by atoms with Gasteiger partial charge in [0.15, 0.2) is 0 Å². The molecule has 0 unspecified atom stereocenters. The molecule has 0 radical (unpaired) electrons. The standard InChI is InChI=1S/C19H21N3O3/c1-19(2,3)21-17(23)20-22(18(21)24)15-12-9-5-7-11-8-6-10-13(14(11)12)16(15)25-4/h5-10,15-16H,1-4H3,(H,20,23)/t15-,16-/m0/s1. The molecule has 0 fully saturated rings. The fourth-order valence-corrected chi connectivity index (χ4v) is 3.92. The van der Waals surface area contributed by atoms with E-state index in [1.165, 1.54) is 9.25 Å². The molecular weight excluding hydrogens is 318 g/mol. The quantitative estimate of drug-likeness (QED) is 0.780. The van der Waals surface area contributed by atoms with E-state index in [1.807, 2.05) is 57.2 Å². The highest BCUT2D eigenvalue weighted by Gasteiger charge is 2.38. The van der Waals surface area contributed by atoms with E-state index in [9.17, 15) is 9.59 Å². The fourth-order valence-electron chi connectivity index (χ4n) is 3.92. The van der Waals surface area contributed by atoms with Crippen molar-refractivity contribution in [2.75, 3.05) is 7.11 Å². The van der Waals surface area contributed by atoms with Gasteiger partial charge in [-0.2, -0.15) is 0 Å². The van der Waals surface area contributed by atoms with Crippen molar-refractivity contribution in [2.45, 2.75) is 38.5 Å². The summed E-state index contributed by atoms with van der Waals surface area (Å²) in [5.74, 6) is 0. The minimum Gasteiger partial charge on any atom is -0.374 e. The van der Waals surface area contributed by atoms with Crippen LogP contribution in [0.3, 0.4) is 0 Å². The summed E-state index contributed by atoms with van der Waals surface area (Å²) in [5, 5.41) is 4.93. The van der Waals surface area contributed by atoms with Crippen LogP contribution in [0.4, 0.5) is 0 Å². The number of aromatic nitrogens is 3. The molecule has 2 atom stereocenters. The smallest absolute Gasteiger partial charge is 0.348 e. The third-order valence-corrected chi connectivity index (χ3v) is 4.90. The van der Waals surface area contributed by atoms with E-state index in [1.54, 1.807) is 7.11 Å². The van der Waals surface area contributed by atoms with Crippen molar-refractivity contribution in [3.8, 4) is 0 Å². The van der Waals surface area contributed by atoms with Gasteiger partial charge in [-0.05, 0) is 42.7 Å². The molecule has 1 aromatic heterocycles. The van der Waals surface area contributed by atoms with Gasteiger partial charge in [0.25, 0.3) is 0 Å². The molecule has 0 saturated carbocycles. The van der Waals surface area contributed by atoms with Gasteiger partial charge in [0.2, 0.25) is 0 Å². The predicted molar refractivity (Wildman–Crippen MR) is 96.1 cm³/mol. The van der Waals surface area contributed by atoms with Crippen molar-refractivity contribution in [3.63, 3.8) is 0 Å². The van der Waals surface area contributed by atoms with Gasteiger partial charge in [-0.1, -0.05) is 36.4 Å². The van der Waals surface area contributed by atoms with E-state index < -0.39 is 17.3 Å². The van der Waals surface area contributed by atoms with Crippen LogP contribution in [-0.2, 0) is 10.3 Å². The zero-order valence-corrected chi connectivity index (χ0v) is 14.7. The molecular formula is C19H21N3O3. The van der Waals surface area contributed by atoms with Crippen molar-refractivity contribution in [1.29, 1.82) is 0 Å². The highest BCUT2D eigenvalue weighted by molar-refractivity contribution is 5.92. The molecule has 4 rings (SSSR count). The average molecular weight is 339 g/mol. The van der Waals surface area contributed by atoms with E-state index in [0.29, 0.717) is 0 Å². The van der Waals surface area contributed by atoms with Gasteiger partial charge in [-0.3, -0.25) is 0 Å². The monoisotopic (exact) mass is 339 g/mol. The molecule has 130 valence electrons. The van der Waals surface area contributed by atoms with Crippen LogP contribution in [0.5, 0.6) is 0 Å². The lowest BCUT2D eigenvalue weighted by atomic mass is 10.0. The summed E-state index contributed by atoms with van der Waals surface area (Å²) in [5.41, 5.74) is 0.668. The summed E-state index contributed by atoms with van der Waals surface area (Å²) in [6.07, 6.45) is -0.328. The Hall–Kier alpha value is -2.60. The van der Waals surface area contributed by atoms with Crippen LogP contribution in [-0.4, -0.2) is 21.5 Å². The Kier molecular flexibility index (Phi) is 3.30. The normalized spacial score (nSPS) is 19.7. The van der Waals surface area contributed by atoms with Crippen LogP contribution in [0.15, 0.2) is 46.0 Å². The van der Waals surface area contributed by atoms with E-state index >= 15 is 0 Å². The Morgan fingerprint density at radius 2 is 1.68 bits per heavy atom. The maximum absolute atomic E-state index is 13.0. The van der Waals surface area contributed by atoms with Crippen LogP contribution >= 0.6 is 0 Å². The second kappa shape index (κ2) is 5.20. The van der Waals surface area contributed by atoms with E-state index in [-0.39, 0.29) is 11.8 Å². The number of hydrogen-bond donors (Lipinski definition) is 1. The molecule has 1 aliphatic carbocycles. The molecule has 0 saturated heterocycles. The molecule has 1 heterocycles. The molecule has 1 aliphatic rings. The first-order chi connectivity index (χ1) is 11.8. The van der Waals surface area contributed by atoms with Gasteiger partial charge in [-0.15, -0.1) is 0 Å². The first-order valence-corrected chi connectivity index (χ1v) is 8.33. The highest BCUT2D eigenvalue weighted by atomic mass is 16.5. The van der Waals surface area contributed by atoms with Gasteiger partial charge in [0.1, 0.15) is 12.1 Å². The molecule has 25 heavy (non-hydrogen) atoms. The zero-order valence-electron chi connectivity index (χ0n) is 14.7. The maximum Gasteiger partial charge on any atom is 0.348 e. The number of nitrogens with zero attached hydrogens (tertiary/aromatic N) is 2. The topological polar surface area (TPSA) is 69.0 Å². The molecule has 3 aromatic rings. The van der Waals surface area contributed by atoms with Crippen molar-refractivity contribution < 1.29 is 4.74 Å². The minimum absolute atomic E-state index is 0.328. The third kappa shape index (κ3) is 2.14. The Morgan fingerprint density at radius 3 is 2.24 bits per heavy atom. The Morgan fingerprint density at radius 1 is 1.04 bits per heavy atom. The molecule has 6 nitrogen and oxygen atoms in total. The van der Waals surface area contributed by atoms with Gasteiger partial charge in [0.05, 0.1) is 0 Å². The molecule has 0 spiro atoms. The van der Waals surface area contributed by atoms with E-state index in [0.717, 1.165) is 21.9 Å². The first-order valence-electron chi connectivity index (χ1n) is 8.33. The summed E-state index contributed by atoms with van der Waals surface area (Å²) < 4.78 is 8.42. The lowest BCUT2D eigenvalue weighted by Gasteiger charge is -2.21. The van der Waals surface area contributed by atoms with Crippen LogP contribution in [0.1, 0.15) is 44.0 Å². The van der Waals surface area contributed by atoms with Crippen molar-refractivity contribution >= 4 is 10.8 Å². The summed E-state index contributed by atoms with van der Waals surface area (Å²) in [4.78, 5) is 25.4. The number of ether oxygens (including phenoxy) is 1. The summed E-state index contributed by atoms with van der Waals surface area (Å²) in [7, 11) is 1.63. The minimum atomic E-state index is -0.601. The van der Waals surface area contributed by atoms with Gasteiger partial charge >= 0.3 is 11.4 Å². The fraction of sp³-hybridized carbons (Fsp3) is 0.368. The molecule has 0 aliphatic heterocycles. The van der Waals surface area contributed by atoms with Crippen molar-refractivity contribution in [2.24, 2.45) is 0 Å². The van der Waals surface area contributed by atoms with Crippen molar-refractivity contribution in [3.05, 3.63) is 68.5 Å². The number of aromatic amines is 1. The maximum atomic E-state index is 13.0. The SMILES string of the molecule is CO[C@H]1c2cccc3cccc(c23)[C@@H]1n1[nH]c(=O)n(C(C)(C)C)c1=O. The van der Waals surface area contributed by atoms with Crippen LogP contribution in [0, 0.1) is 0 Å². The van der Waals surface area contributed by atoms with Gasteiger partial charge < -0.3 is 4.74 Å². The number of hydrogen-bond acceptors (Lipinski definition) is 3. The van der Waals surface area contributed by atoms with Crippen molar-refractivity contribution in [1.82, 2.24) is 14.3 Å². The van der Waals surface area contributed by atoms with Gasteiger partial charge in [0, 0.05) is 12.6 Å². The Labute approximate surface area is 144 Å². The lowest BCUT2D eigenvalue weighted by Crippen LogP contribution is -2.41. The second-order valence-electron chi connectivity index (χ2n) is 7.47. The number of methoxy groups -OCH3 is 1. The van der Waals surface area contributed by atoms with Gasteiger partial charge in [-0.25, -0.2) is 23.9 Å².